The summed E-state index contributed by atoms with van der Waals surface area (Å²) < 4.78 is 1.67. The van der Waals surface area contributed by atoms with Crippen LogP contribution in [0, 0.1) is 0 Å². The second-order valence-corrected chi connectivity index (χ2v) is 6.16. The molecule has 0 amide bonds. The van der Waals surface area contributed by atoms with E-state index in [4.69, 9.17) is 16.7 Å². The number of halogens is 1. The predicted molar refractivity (Wildman–Crippen MR) is 79.1 cm³/mol. The van der Waals surface area contributed by atoms with E-state index in [1.807, 2.05) is 0 Å². The lowest BCUT2D eigenvalue weighted by molar-refractivity contribution is 0.0697. The Kier molecular flexibility index (Phi) is 3.77. The van der Waals surface area contributed by atoms with Crippen molar-refractivity contribution in [2.45, 2.75) is 29.8 Å². The van der Waals surface area contributed by atoms with E-state index in [2.05, 4.69) is 10.2 Å². The number of benzene rings is 1. The summed E-state index contributed by atoms with van der Waals surface area (Å²) in [6.45, 7) is 0. The Morgan fingerprint density at radius 1 is 1.52 bits per heavy atom. The molecule has 6 nitrogen and oxygen atoms in total. The fourth-order valence-corrected chi connectivity index (χ4v) is 3.33. The highest BCUT2D eigenvalue weighted by Gasteiger charge is 2.28. The molecule has 0 bridgehead atoms. The maximum absolute atomic E-state index is 11.7. The van der Waals surface area contributed by atoms with E-state index in [-0.39, 0.29) is 17.3 Å². The maximum Gasteiger partial charge on any atom is 0.344 e. The zero-order valence-electron chi connectivity index (χ0n) is 10.9. The lowest BCUT2D eigenvalue weighted by Crippen LogP contribution is -2.16. The number of carboxylic acids is 1. The first kappa shape index (κ1) is 14.2. The van der Waals surface area contributed by atoms with Gasteiger partial charge in [-0.05, 0) is 30.5 Å². The van der Waals surface area contributed by atoms with Crippen molar-refractivity contribution in [1.29, 1.82) is 0 Å². The van der Waals surface area contributed by atoms with E-state index < -0.39 is 5.97 Å². The van der Waals surface area contributed by atoms with Crippen LogP contribution < -0.4 is 5.69 Å². The molecule has 21 heavy (non-hydrogen) atoms. The lowest BCUT2D eigenvalue weighted by atomic mass is 10.1. The molecule has 110 valence electrons. The second kappa shape index (κ2) is 5.57. The summed E-state index contributed by atoms with van der Waals surface area (Å²) in [5.41, 5.74) is 0.778. The molecule has 0 radical (unpaired) electrons. The Balaban J connectivity index is 1.76. The van der Waals surface area contributed by atoms with Crippen LogP contribution >= 0.6 is 23.4 Å². The van der Waals surface area contributed by atoms with Gasteiger partial charge in [-0.2, -0.15) is 0 Å². The van der Waals surface area contributed by atoms with Crippen molar-refractivity contribution in [3.8, 4) is 0 Å². The van der Waals surface area contributed by atoms with Gasteiger partial charge in [-0.3, -0.25) is 4.57 Å². The number of carboxylic acid groups (broad SMARTS) is 1. The van der Waals surface area contributed by atoms with Gasteiger partial charge in [0.2, 0.25) is 0 Å². The molecule has 1 aromatic carbocycles. The molecule has 2 aromatic rings. The molecule has 8 heteroatoms. The maximum atomic E-state index is 11.7. The smallest absolute Gasteiger partial charge is 0.344 e. The first-order valence-electron chi connectivity index (χ1n) is 6.37. The number of thioether (sulfide) groups is 1. The van der Waals surface area contributed by atoms with E-state index in [0.29, 0.717) is 15.9 Å². The third kappa shape index (κ3) is 2.98. The molecule has 2 N–H and O–H groups in total. The van der Waals surface area contributed by atoms with Crippen LogP contribution in [0.15, 0.2) is 28.2 Å². The van der Waals surface area contributed by atoms with Gasteiger partial charge in [-0.15, -0.1) is 5.10 Å². The summed E-state index contributed by atoms with van der Waals surface area (Å²) in [4.78, 5) is 22.5. The Hall–Kier alpha value is -1.73. The molecule has 1 heterocycles. The van der Waals surface area contributed by atoms with Gasteiger partial charge in [0, 0.05) is 16.8 Å². The molecule has 1 aliphatic rings. The van der Waals surface area contributed by atoms with Crippen LogP contribution in [0.5, 0.6) is 0 Å². The zero-order valence-corrected chi connectivity index (χ0v) is 12.4. The largest absolute Gasteiger partial charge is 0.478 e. The van der Waals surface area contributed by atoms with Crippen LogP contribution in [0.4, 0.5) is 0 Å². The highest BCUT2D eigenvalue weighted by Crippen LogP contribution is 2.37. The summed E-state index contributed by atoms with van der Waals surface area (Å²) in [6.07, 6.45) is 2.00. The van der Waals surface area contributed by atoms with E-state index in [0.717, 1.165) is 18.4 Å². The number of aromatic amines is 1. The Morgan fingerprint density at radius 3 is 2.90 bits per heavy atom. The predicted octanol–water partition coefficient (Wildman–Crippen LogP) is 2.55. The number of carbonyl (C=O) groups is 1. The van der Waals surface area contributed by atoms with Gasteiger partial charge in [0.05, 0.1) is 5.56 Å². The molecular weight excluding hydrogens is 314 g/mol. The topological polar surface area (TPSA) is 88.0 Å². The van der Waals surface area contributed by atoms with E-state index >= 15 is 0 Å². The lowest BCUT2D eigenvalue weighted by Gasteiger charge is -2.06. The highest BCUT2D eigenvalue weighted by molar-refractivity contribution is 7.98. The highest BCUT2D eigenvalue weighted by atomic mass is 35.5. The van der Waals surface area contributed by atoms with Gasteiger partial charge in [-0.1, -0.05) is 29.4 Å². The summed E-state index contributed by atoms with van der Waals surface area (Å²) in [5, 5.41) is 16.4. The summed E-state index contributed by atoms with van der Waals surface area (Å²) >= 11 is 7.49. The first-order valence-corrected chi connectivity index (χ1v) is 7.74. The van der Waals surface area contributed by atoms with Crippen molar-refractivity contribution in [1.82, 2.24) is 14.8 Å². The van der Waals surface area contributed by atoms with Gasteiger partial charge in [-0.25, -0.2) is 14.7 Å². The third-order valence-electron chi connectivity index (χ3n) is 3.24. The van der Waals surface area contributed by atoms with Crippen molar-refractivity contribution < 1.29 is 9.90 Å². The van der Waals surface area contributed by atoms with Crippen molar-refractivity contribution in [2.24, 2.45) is 0 Å². The fraction of sp³-hybridized carbons (Fsp3) is 0.308. The van der Waals surface area contributed by atoms with Crippen LogP contribution in [0.2, 0.25) is 5.02 Å². The minimum atomic E-state index is -1.01. The summed E-state index contributed by atoms with van der Waals surface area (Å²) in [5.74, 6) is -0.485. The molecule has 0 atom stereocenters. The van der Waals surface area contributed by atoms with Crippen molar-refractivity contribution >= 4 is 29.3 Å². The quantitative estimate of drug-likeness (QED) is 0.825. The third-order valence-corrected chi connectivity index (χ3v) is 4.59. The molecule has 3 rings (SSSR count). The minimum absolute atomic E-state index is 0.156. The molecular formula is C13H12ClN3O3S. The van der Waals surface area contributed by atoms with E-state index in [1.54, 1.807) is 10.6 Å². The van der Waals surface area contributed by atoms with Crippen LogP contribution in [-0.2, 0) is 5.75 Å². The van der Waals surface area contributed by atoms with Crippen molar-refractivity contribution in [3.63, 3.8) is 0 Å². The fourth-order valence-electron chi connectivity index (χ4n) is 1.99. The SMILES string of the molecule is O=C(O)c1ccc(CSc2n[nH]c(=O)n2C2CC2)c(Cl)c1. The zero-order chi connectivity index (χ0) is 15.0. The van der Waals surface area contributed by atoms with Crippen molar-refractivity contribution in [2.75, 3.05) is 0 Å². The molecule has 0 saturated heterocycles. The molecule has 0 unspecified atom stereocenters. The van der Waals surface area contributed by atoms with Gasteiger partial charge < -0.3 is 5.11 Å². The summed E-state index contributed by atoms with van der Waals surface area (Å²) in [6, 6.07) is 4.88. The minimum Gasteiger partial charge on any atom is -0.478 e. The standard InChI is InChI=1S/C13H12ClN3O3S/c14-10-5-7(11(18)19)1-2-8(10)6-21-13-16-15-12(20)17(13)9-3-4-9/h1-2,5,9H,3-4,6H2,(H,15,20)(H,18,19). The van der Waals surface area contributed by atoms with Gasteiger partial charge >= 0.3 is 11.7 Å². The number of hydrogen-bond donors (Lipinski definition) is 2. The molecule has 1 aliphatic carbocycles. The number of aromatic carboxylic acids is 1. The van der Waals surface area contributed by atoms with E-state index in [1.165, 1.54) is 23.9 Å². The Bertz CT molecular complexity index is 751. The van der Waals surface area contributed by atoms with Crippen LogP contribution in [0.25, 0.3) is 0 Å². The van der Waals surface area contributed by atoms with Crippen LogP contribution in [0.1, 0.15) is 34.8 Å². The monoisotopic (exact) mass is 325 g/mol. The van der Waals surface area contributed by atoms with Crippen LogP contribution in [-0.4, -0.2) is 25.8 Å². The van der Waals surface area contributed by atoms with Gasteiger partial charge in [0.15, 0.2) is 5.16 Å². The average Bonchev–Trinajstić information content (AvgIpc) is 3.21. The number of nitrogens with one attached hydrogen (secondary N) is 1. The first-order chi connectivity index (χ1) is 10.1. The average molecular weight is 326 g/mol. The van der Waals surface area contributed by atoms with Gasteiger partial charge in [0.25, 0.3) is 0 Å². The van der Waals surface area contributed by atoms with Crippen LogP contribution in [0.3, 0.4) is 0 Å². The number of nitrogens with zero attached hydrogens (tertiary/aromatic N) is 2. The molecule has 0 aliphatic heterocycles. The van der Waals surface area contributed by atoms with E-state index in [9.17, 15) is 9.59 Å². The normalized spacial score (nSPS) is 14.3. The number of H-pyrrole nitrogens is 1. The van der Waals surface area contributed by atoms with Gasteiger partial charge in [0.1, 0.15) is 0 Å². The second-order valence-electron chi connectivity index (χ2n) is 4.81. The van der Waals surface area contributed by atoms with Crippen molar-refractivity contribution in [3.05, 3.63) is 44.8 Å². The molecule has 1 fully saturated rings. The molecule has 0 spiro atoms. The number of rotatable bonds is 5. The Morgan fingerprint density at radius 2 is 2.29 bits per heavy atom. The molecule has 1 saturated carbocycles. The Labute approximate surface area is 129 Å². The molecule has 1 aromatic heterocycles. The number of aromatic nitrogens is 3. The summed E-state index contributed by atoms with van der Waals surface area (Å²) in [7, 11) is 0. The number of hydrogen-bond acceptors (Lipinski definition) is 4.